The Bertz CT molecular complexity index is 927. The van der Waals surface area contributed by atoms with Crippen molar-refractivity contribution in [2.24, 2.45) is 0 Å². The van der Waals surface area contributed by atoms with Crippen molar-refractivity contribution in [1.29, 1.82) is 5.26 Å². The third-order valence-corrected chi connectivity index (χ3v) is 4.84. The summed E-state index contributed by atoms with van der Waals surface area (Å²) in [5.41, 5.74) is 1.86. The molecule has 1 atom stereocenters. The van der Waals surface area contributed by atoms with Gasteiger partial charge in [0.15, 0.2) is 0 Å². The van der Waals surface area contributed by atoms with Gasteiger partial charge in [-0.3, -0.25) is 0 Å². The quantitative estimate of drug-likeness (QED) is 0.692. The Morgan fingerprint density at radius 2 is 2.15 bits per heavy atom. The highest BCUT2D eigenvalue weighted by Gasteiger charge is 2.17. The minimum absolute atomic E-state index is 0.0965. The molecule has 0 aliphatic carbocycles. The summed E-state index contributed by atoms with van der Waals surface area (Å²) in [6.45, 7) is 2.16. The number of hydrogen-bond donors (Lipinski definition) is 1. The van der Waals surface area contributed by atoms with Crippen LogP contribution in [0.3, 0.4) is 0 Å². The van der Waals surface area contributed by atoms with Crippen molar-refractivity contribution < 1.29 is 4.39 Å². The number of nitriles is 1. The molecule has 0 saturated heterocycles. The number of benzene rings is 1. The lowest BCUT2D eigenvalue weighted by molar-refractivity contribution is 0.538. The van der Waals surface area contributed by atoms with E-state index in [1.165, 1.54) is 6.07 Å². The van der Waals surface area contributed by atoms with Crippen molar-refractivity contribution in [1.82, 2.24) is 15.0 Å². The average Bonchev–Trinajstić information content (AvgIpc) is 3.13. The van der Waals surface area contributed by atoms with Gasteiger partial charge >= 0.3 is 0 Å². The molecule has 1 N–H and O–H groups in total. The molecule has 0 fully saturated rings. The Balaban J connectivity index is 1.65. The van der Waals surface area contributed by atoms with Crippen molar-refractivity contribution in [3.63, 3.8) is 0 Å². The molecule has 0 unspecified atom stereocenters. The number of halogens is 1. The van der Waals surface area contributed by atoms with E-state index >= 15 is 0 Å². The predicted molar refractivity (Wildman–Crippen MR) is 100 cm³/mol. The number of H-pyrrole nitrogens is 1. The van der Waals surface area contributed by atoms with Crippen LogP contribution < -0.4 is 4.90 Å². The second-order valence-electron chi connectivity index (χ2n) is 6.43. The Morgan fingerprint density at radius 3 is 2.88 bits per heavy atom. The van der Waals surface area contributed by atoms with Crippen LogP contribution in [0.15, 0.2) is 36.8 Å². The summed E-state index contributed by atoms with van der Waals surface area (Å²) in [6.07, 6.45) is 7.15. The number of aromatic amines is 1. The van der Waals surface area contributed by atoms with E-state index in [9.17, 15) is 4.39 Å². The molecule has 134 valence electrons. The zero-order valence-corrected chi connectivity index (χ0v) is 15.0. The fourth-order valence-electron chi connectivity index (χ4n) is 3.33. The van der Waals surface area contributed by atoms with Crippen LogP contribution in [0.5, 0.6) is 0 Å². The monoisotopic (exact) mass is 351 g/mol. The van der Waals surface area contributed by atoms with Gasteiger partial charge in [0.2, 0.25) is 0 Å². The van der Waals surface area contributed by atoms with Crippen molar-refractivity contribution in [3.05, 3.63) is 53.7 Å². The highest BCUT2D eigenvalue weighted by molar-refractivity contribution is 5.87. The third kappa shape index (κ3) is 3.67. The number of rotatable bonds is 7. The summed E-state index contributed by atoms with van der Waals surface area (Å²) in [4.78, 5) is 14.0. The van der Waals surface area contributed by atoms with Gasteiger partial charge in [0, 0.05) is 19.3 Å². The van der Waals surface area contributed by atoms with Crippen molar-refractivity contribution in [2.45, 2.75) is 38.6 Å². The van der Waals surface area contributed by atoms with Gasteiger partial charge in [0.25, 0.3) is 0 Å². The Labute approximate surface area is 152 Å². The first-order valence-corrected chi connectivity index (χ1v) is 8.83. The molecular formula is C20H22FN5. The van der Waals surface area contributed by atoms with Gasteiger partial charge in [-0.1, -0.05) is 13.0 Å². The highest BCUT2D eigenvalue weighted by Crippen LogP contribution is 2.25. The van der Waals surface area contributed by atoms with Gasteiger partial charge in [0.1, 0.15) is 29.7 Å². The van der Waals surface area contributed by atoms with Crippen LogP contribution in [-0.4, -0.2) is 28.0 Å². The topological polar surface area (TPSA) is 68.6 Å². The predicted octanol–water partition coefficient (Wildman–Crippen LogP) is 4.21. The van der Waals surface area contributed by atoms with Crippen molar-refractivity contribution in [3.8, 4) is 6.07 Å². The van der Waals surface area contributed by atoms with E-state index in [1.807, 2.05) is 24.4 Å². The molecule has 1 aromatic carbocycles. The Morgan fingerprint density at radius 1 is 1.31 bits per heavy atom. The van der Waals surface area contributed by atoms with Crippen LogP contribution >= 0.6 is 0 Å². The summed E-state index contributed by atoms with van der Waals surface area (Å²) in [6, 6.07) is 9.04. The standard InChI is InChI=1S/C20H22FN5/c1-3-16(6-4-5-14-7-8-15(12-22)18(21)11-14)26(2)20-17-9-10-23-19(17)24-13-25-20/h7-11,13,16H,3-6H2,1-2H3,(H,23,24,25)/t16-/m0/s1. The van der Waals surface area contributed by atoms with E-state index in [0.29, 0.717) is 6.04 Å². The summed E-state index contributed by atoms with van der Waals surface area (Å²) < 4.78 is 13.7. The second-order valence-corrected chi connectivity index (χ2v) is 6.43. The lowest BCUT2D eigenvalue weighted by Gasteiger charge is -2.28. The number of hydrogen-bond acceptors (Lipinski definition) is 4. The summed E-state index contributed by atoms with van der Waals surface area (Å²) in [7, 11) is 2.06. The maximum atomic E-state index is 13.7. The third-order valence-electron chi connectivity index (χ3n) is 4.84. The van der Waals surface area contributed by atoms with Gasteiger partial charge in [-0.15, -0.1) is 0 Å². The molecule has 26 heavy (non-hydrogen) atoms. The van der Waals surface area contributed by atoms with Gasteiger partial charge in [-0.25, -0.2) is 14.4 Å². The molecule has 5 nitrogen and oxygen atoms in total. The number of nitrogens with zero attached hydrogens (tertiary/aromatic N) is 4. The molecule has 0 bridgehead atoms. The summed E-state index contributed by atoms with van der Waals surface area (Å²) in [5.74, 6) is 0.484. The number of nitrogens with one attached hydrogen (secondary N) is 1. The molecule has 0 radical (unpaired) electrons. The molecule has 2 aromatic heterocycles. The molecule has 0 aliphatic heterocycles. The molecule has 0 saturated carbocycles. The average molecular weight is 351 g/mol. The largest absolute Gasteiger partial charge is 0.356 e. The van der Waals surface area contributed by atoms with E-state index in [4.69, 9.17) is 5.26 Å². The number of fused-ring (bicyclic) bond motifs is 1. The first kappa shape index (κ1) is 17.9. The lowest BCUT2D eigenvalue weighted by Crippen LogP contribution is -2.32. The first-order chi connectivity index (χ1) is 12.6. The highest BCUT2D eigenvalue weighted by atomic mass is 19.1. The molecular weight excluding hydrogens is 329 g/mol. The van der Waals surface area contributed by atoms with Crippen molar-refractivity contribution in [2.75, 3.05) is 11.9 Å². The maximum absolute atomic E-state index is 13.7. The minimum Gasteiger partial charge on any atom is -0.356 e. The fraction of sp³-hybridized carbons (Fsp3) is 0.350. The van der Waals surface area contributed by atoms with E-state index in [2.05, 4.69) is 33.8 Å². The molecule has 0 spiro atoms. The first-order valence-electron chi connectivity index (χ1n) is 8.83. The molecule has 0 amide bonds. The van der Waals surface area contributed by atoms with Gasteiger partial charge in [-0.05, 0) is 49.4 Å². The Kier molecular flexibility index (Phi) is 5.47. The van der Waals surface area contributed by atoms with Crippen LogP contribution in [0.2, 0.25) is 0 Å². The van der Waals surface area contributed by atoms with E-state index in [-0.39, 0.29) is 5.56 Å². The minimum atomic E-state index is -0.440. The van der Waals surface area contributed by atoms with Crippen molar-refractivity contribution >= 4 is 16.9 Å². The smallest absolute Gasteiger partial charge is 0.142 e. The normalized spacial score (nSPS) is 12.1. The van der Waals surface area contributed by atoms with Crippen LogP contribution in [0.1, 0.15) is 37.3 Å². The van der Waals surface area contributed by atoms with Gasteiger partial charge in [-0.2, -0.15) is 5.26 Å². The fourth-order valence-corrected chi connectivity index (χ4v) is 3.33. The Hall–Kier alpha value is -2.94. The molecule has 0 aliphatic rings. The number of anilines is 1. The van der Waals surface area contributed by atoms with Crippen LogP contribution in [0.25, 0.3) is 11.0 Å². The number of aromatic nitrogens is 3. The number of aryl methyl sites for hydroxylation is 1. The maximum Gasteiger partial charge on any atom is 0.142 e. The molecule has 2 heterocycles. The van der Waals surface area contributed by atoms with Crippen LogP contribution in [0.4, 0.5) is 10.2 Å². The second kappa shape index (κ2) is 7.96. The molecule has 6 heteroatoms. The van der Waals surface area contributed by atoms with Crippen LogP contribution in [0, 0.1) is 17.1 Å². The zero-order valence-electron chi connectivity index (χ0n) is 15.0. The van der Waals surface area contributed by atoms with Gasteiger partial charge < -0.3 is 9.88 Å². The van der Waals surface area contributed by atoms with E-state index < -0.39 is 5.82 Å². The van der Waals surface area contributed by atoms with Crippen LogP contribution in [-0.2, 0) is 6.42 Å². The molecule has 3 rings (SSSR count). The summed E-state index contributed by atoms with van der Waals surface area (Å²) >= 11 is 0. The van der Waals surface area contributed by atoms with E-state index in [0.717, 1.165) is 48.1 Å². The SMILES string of the molecule is CC[C@@H](CCCc1ccc(C#N)c(F)c1)N(C)c1ncnc2[nH]ccc12. The zero-order chi connectivity index (χ0) is 18.5. The molecule has 3 aromatic rings. The van der Waals surface area contributed by atoms with E-state index in [1.54, 1.807) is 12.4 Å². The summed E-state index contributed by atoms with van der Waals surface area (Å²) in [5, 5.41) is 9.83. The lowest BCUT2D eigenvalue weighted by atomic mass is 10.0. The van der Waals surface area contributed by atoms with Gasteiger partial charge in [0.05, 0.1) is 10.9 Å².